The molecule has 0 fully saturated rings. The van der Waals surface area contributed by atoms with Crippen LogP contribution in [0.4, 0.5) is 5.69 Å². The number of rotatable bonds is 4. The summed E-state index contributed by atoms with van der Waals surface area (Å²) in [4.78, 5) is 4.23. The maximum Gasteiger partial charge on any atom is 0.238 e. The van der Waals surface area contributed by atoms with Crippen molar-refractivity contribution in [2.45, 2.75) is 11.8 Å². The number of anilines is 1. The van der Waals surface area contributed by atoms with Gasteiger partial charge >= 0.3 is 0 Å². The molecule has 1 aromatic carbocycles. The molecular formula is C13H14N4O2S. The normalized spacial score (nSPS) is 12.2. The molecule has 0 saturated heterocycles. The van der Waals surface area contributed by atoms with Gasteiger partial charge in [0.2, 0.25) is 10.0 Å². The van der Waals surface area contributed by atoms with Gasteiger partial charge in [-0.2, -0.15) is 5.10 Å². The van der Waals surface area contributed by atoms with E-state index in [2.05, 4.69) is 15.5 Å². The average molecular weight is 290 g/mol. The summed E-state index contributed by atoms with van der Waals surface area (Å²) in [5.41, 5.74) is 4.98. The molecule has 2 aromatic rings. The minimum absolute atomic E-state index is 0.0634. The first kappa shape index (κ1) is 14.2. The number of nitrogens with one attached hydrogen (secondary N) is 1. The molecule has 104 valence electrons. The van der Waals surface area contributed by atoms with Crippen LogP contribution in [0.3, 0.4) is 0 Å². The van der Waals surface area contributed by atoms with Gasteiger partial charge in [0.05, 0.1) is 22.0 Å². The lowest BCUT2D eigenvalue weighted by Crippen LogP contribution is -2.11. The Labute approximate surface area is 117 Å². The Hall–Kier alpha value is -2.25. The first-order chi connectivity index (χ1) is 9.47. The number of hydrogen-bond donors (Lipinski definition) is 2. The summed E-state index contributed by atoms with van der Waals surface area (Å²) in [6, 6.07) is 11.6. The summed E-state index contributed by atoms with van der Waals surface area (Å²) in [5.74, 6) is 0. The highest BCUT2D eigenvalue weighted by Crippen LogP contribution is 2.12. The zero-order valence-corrected chi connectivity index (χ0v) is 11.6. The van der Waals surface area contributed by atoms with Crippen LogP contribution in [0.2, 0.25) is 0 Å². The molecule has 0 bridgehead atoms. The zero-order valence-electron chi connectivity index (χ0n) is 10.8. The van der Waals surface area contributed by atoms with Crippen LogP contribution in [0.1, 0.15) is 12.6 Å². The summed E-state index contributed by atoms with van der Waals surface area (Å²) < 4.78 is 22.2. The standard InChI is InChI=1S/C13H14N4O2S/c1-10(13-4-2-3-9-15-13)16-17-11-5-7-12(8-6-11)20(14,18)19/h2-9,17H,1H3,(H2,14,18,19)/b16-10+. The van der Waals surface area contributed by atoms with Crippen molar-refractivity contribution in [2.75, 3.05) is 5.43 Å². The van der Waals surface area contributed by atoms with Crippen molar-refractivity contribution < 1.29 is 8.42 Å². The van der Waals surface area contributed by atoms with Crippen LogP contribution in [0.5, 0.6) is 0 Å². The number of nitrogens with zero attached hydrogens (tertiary/aromatic N) is 2. The topological polar surface area (TPSA) is 97.4 Å². The number of aromatic nitrogens is 1. The zero-order chi connectivity index (χ0) is 14.6. The minimum Gasteiger partial charge on any atom is -0.278 e. The monoisotopic (exact) mass is 290 g/mol. The van der Waals surface area contributed by atoms with Gasteiger partial charge in [-0.15, -0.1) is 0 Å². The highest BCUT2D eigenvalue weighted by Gasteiger charge is 2.06. The summed E-state index contributed by atoms with van der Waals surface area (Å²) in [6.45, 7) is 1.83. The van der Waals surface area contributed by atoms with E-state index in [1.807, 2.05) is 25.1 Å². The van der Waals surface area contributed by atoms with E-state index < -0.39 is 10.0 Å². The number of primary sulfonamides is 1. The van der Waals surface area contributed by atoms with Crippen LogP contribution in [0.25, 0.3) is 0 Å². The van der Waals surface area contributed by atoms with Gasteiger partial charge < -0.3 is 0 Å². The van der Waals surface area contributed by atoms with Crippen LogP contribution in [0, 0.1) is 0 Å². The van der Waals surface area contributed by atoms with Gasteiger partial charge in [0.25, 0.3) is 0 Å². The number of sulfonamides is 1. The lowest BCUT2D eigenvalue weighted by Gasteiger charge is -2.04. The van der Waals surface area contributed by atoms with E-state index >= 15 is 0 Å². The predicted molar refractivity (Wildman–Crippen MR) is 77.9 cm³/mol. The molecule has 7 heteroatoms. The molecule has 0 unspecified atom stereocenters. The number of hydrazone groups is 1. The van der Waals surface area contributed by atoms with E-state index in [0.29, 0.717) is 5.69 Å². The second-order valence-corrected chi connectivity index (χ2v) is 5.65. The lowest BCUT2D eigenvalue weighted by molar-refractivity contribution is 0.598. The highest BCUT2D eigenvalue weighted by molar-refractivity contribution is 7.89. The smallest absolute Gasteiger partial charge is 0.238 e. The van der Waals surface area contributed by atoms with Gasteiger partial charge in [0, 0.05) is 6.20 Å². The number of benzene rings is 1. The van der Waals surface area contributed by atoms with Crippen LogP contribution in [-0.2, 0) is 10.0 Å². The van der Waals surface area contributed by atoms with Crippen molar-refractivity contribution in [1.82, 2.24) is 4.98 Å². The molecule has 0 spiro atoms. The molecule has 0 amide bonds. The van der Waals surface area contributed by atoms with Crippen LogP contribution < -0.4 is 10.6 Å². The third kappa shape index (κ3) is 3.62. The van der Waals surface area contributed by atoms with Gasteiger partial charge in [-0.1, -0.05) is 6.07 Å². The fraction of sp³-hybridized carbons (Fsp3) is 0.0769. The Morgan fingerprint density at radius 3 is 2.45 bits per heavy atom. The van der Waals surface area contributed by atoms with Crippen molar-refractivity contribution in [3.8, 4) is 0 Å². The molecule has 0 atom stereocenters. The molecule has 20 heavy (non-hydrogen) atoms. The average Bonchev–Trinajstić information content (AvgIpc) is 2.45. The SMILES string of the molecule is C/C(=N\Nc1ccc(S(N)(=O)=O)cc1)c1ccccn1. The predicted octanol–water partition coefficient (Wildman–Crippen LogP) is 1.57. The quantitative estimate of drug-likeness (QED) is 0.659. The third-order valence-electron chi connectivity index (χ3n) is 2.57. The Kier molecular flexibility index (Phi) is 4.11. The highest BCUT2D eigenvalue weighted by atomic mass is 32.2. The van der Waals surface area contributed by atoms with Gasteiger partial charge in [-0.3, -0.25) is 10.4 Å². The van der Waals surface area contributed by atoms with Gasteiger partial charge in [0.15, 0.2) is 0 Å². The van der Waals surface area contributed by atoms with Gasteiger partial charge in [-0.05, 0) is 43.3 Å². The minimum atomic E-state index is -3.67. The molecule has 3 N–H and O–H groups in total. The molecular weight excluding hydrogens is 276 g/mol. The molecule has 0 aliphatic rings. The van der Waals surface area contributed by atoms with Crippen molar-refractivity contribution in [1.29, 1.82) is 0 Å². The van der Waals surface area contributed by atoms with Crippen LogP contribution in [0.15, 0.2) is 58.7 Å². The molecule has 1 heterocycles. The van der Waals surface area contributed by atoms with Crippen molar-refractivity contribution in [3.05, 3.63) is 54.4 Å². The maximum atomic E-state index is 11.1. The molecule has 0 radical (unpaired) electrons. The van der Waals surface area contributed by atoms with E-state index in [4.69, 9.17) is 5.14 Å². The van der Waals surface area contributed by atoms with Crippen molar-refractivity contribution in [3.63, 3.8) is 0 Å². The summed E-state index contributed by atoms with van der Waals surface area (Å²) >= 11 is 0. The fourth-order valence-corrected chi connectivity index (χ4v) is 2.02. The van der Waals surface area contributed by atoms with Crippen LogP contribution >= 0.6 is 0 Å². The first-order valence-electron chi connectivity index (χ1n) is 5.81. The lowest BCUT2D eigenvalue weighted by atomic mass is 10.3. The Bertz CT molecular complexity index is 710. The van der Waals surface area contributed by atoms with E-state index in [0.717, 1.165) is 11.4 Å². The third-order valence-corrected chi connectivity index (χ3v) is 3.50. The molecule has 0 saturated carbocycles. The maximum absolute atomic E-state index is 11.1. The van der Waals surface area contributed by atoms with E-state index in [-0.39, 0.29) is 4.90 Å². The molecule has 1 aromatic heterocycles. The summed E-state index contributed by atoms with van der Waals surface area (Å²) in [6.07, 6.45) is 1.69. The van der Waals surface area contributed by atoms with E-state index in [1.165, 1.54) is 12.1 Å². The van der Waals surface area contributed by atoms with Crippen LogP contribution in [-0.4, -0.2) is 19.1 Å². The second kappa shape index (κ2) is 5.81. The number of pyridine rings is 1. The Balaban J connectivity index is 2.12. The number of hydrogen-bond acceptors (Lipinski definition) is 5. The second-order valence-electron chi connectivity index (χ2n) is 4.09. The van der Waals surface area contributed by atoms with Crippen molar-refractivity contribution >= 4 is 21.4 Å². The molecule has 6 nitrogen and oxygen atoms in total. The van der Waals surface area contributed by atoms with E-state index in [9.17, 15) is 8.42 Å². The van der Waals surface area contributed by atoms with Crippen molar-refractivity contribution in [2.24, 2.45) is 10.2 Å². The molecule has 0 aliphatic heterocycles. The van der Waals surface area contributed by atoms with E-state index in [1.54, 1.807) is 18.3 Å². The first-order valence-corrected chi connectivity index (χ1v) is 7.36. The Morgan fingerprint density at radius 1 is 1.20 bits per heavy atom. The van der Waals surface area contributed by atoms with Gasteiger partial charge in [0.1, 0.15) is 0 Å². The Morgan fingerprint density at radius 2 is 1.90 bits per heavy atom. The van der Waals surface area contributed by atoms with Gasteiger partial charge in [-0.25, -0.2) is 13.6 Å². The number of nitrogens with two attached hydrogens (primary N) is 1. The largest absolute Gasteiger partial charge is 0.278 e. The summed E-state index contributed by atoms with van der Waals surface area (Å²) in [5, 5.41) is 9.20. The molecule has 2 rings (SSSR count). The summed E-state index contributed by atoms with van der Waals surface area (Å²) in [7, 11) is -3.67. The molecule has 0 aliphatic carbocycles. The fourth-order valence-electron chi connectivity index (χ4n) is 1.50.